The molecule has 3 aromatic carbocycles. The molecule has 23 heavy (non-hydrogen) atoms. The van der Waals surface area contributed by atoms with Gasteiger partial charge in [0.25, 0.3) is 0 Å². The zero-order valence-corrected chi connectivity index (χ0v) is 14.0. The van der Waals surface area contributed by atoms with Crippen molar-refractivity contribution in [2.75, 3.05) is 8.83 Å². The fraction of sp³-hybridized carbons (Fsp3) is 0. The van der Waals surface area contributed by atoms with Gasteiger partial charge >= 0.3 is 0 Å². The third kappa shape index (κ3) is 3.43. The van der Waals surface area contributed by atoms with Crippen molar-refractivity contribution in [1.82, 2.24) is 0 Å². The molecule has 0 aliphatic carbocycles. The highest BCUT2D eigenvalue weighted by Crippen LogP contribution is 2.29. The lowest BCUT2D eigenvalue weighted by molar-refractivity contribution is 1.25. The lowest BCUT2D eigenvalue weighted by Gasteiger charge is -2.29. The van der Waals surface area contributed by atoms with Crippen molar-refractivity contribution in [3.63, 3.8) is 0 Å². The molecule has 0 fully saturated rings. The predicted molar refractivity (Wildman–Crippen MR) is 101 cm³/mol. The number of hydrogen-bond donors (Lipinski definition) is 1. The van der Waals surface area contributed by atoms with Crippen molar-refractivity contribution in [2.45, 2.75) is 0 Å². The van der Waals surface area contributed by atoms with Crippen LogP contribution in [-0.2, 0) is 0 Å². The molecule has 1 N–H and O–H groups in total. The van der Waals surface area contributed by atoms with E-state index in [0.717, 1.165) is 17.1 Å². The summed E-state index contributed by atoms with van der Waals surface area (Å²) < 4.78 is 1.69. The maximum absolute atomic E-state index is 8.67. The number of benzene rings is 3. The highest BCUT2D eigenvalue weighted by Gasteiger charge is 2.20. The van der Waals surface area contributed by atoms with Crippen LogP contribution in [0.3, 0.4) is 0 Å². The fourth-order valence-corrected chi connectivity index (χ4v) is 2.71. The fourth-order valence-electron chi connectivity index (χ4n) is 2.32. The largest absolute Gasteiger partial charge is 0.280 e. The number of hydrogen-bond acceptors (Lipinski definition) is 1. The summed E-state index contributed by atoms with van der Waals surface area (Å²) in [5.41, 5.74) is 2.77. The van der Waals surface area contributed by atoms with E-state index >= 15 is 0 Å². The van der Waals surface area contributed by atoms with Crippen LogP contribution in [0.2, 0.25) is 0 Å². The Labute approximate surface area is 144 Å². The van der Waals surface area contributed by atoms with E-state index in [1.54, 1.807) is 3.93 Å². The second-order valence-electron chi connectivity index (χ2n) is 4.95. The summed E-state index contributed by atoms with van der Waals surface area (Å²) in [6, 6.07) is 29.6. The molecule has 0 aliphatic rings. The van der Waals surface area contributed by atoms with Crippen molar-refractivity contribution in [3.05, 3.63) is 91.0 Å². The first-order valence-electron chi connectivity index (χ1n) is 7.27. The van der Waals surface area contributed by atoms with Crippen molar-refractivity contribution < 1.29 is 0 Å². The summed E-state index contributed by atoms with van der Waals surface area (Å²) >= 11 is 3.51. The molecular formula is C19H16BrN3. The quantitative estimate of drug-likeness (QED) is 0.373. The van der Waals surface area contributed by atoms with Crippen molar-refractivity contribution in [3.8, 4) is 0 Å². The third-order valence-electron chi connectivity index (χ3n) is 3.41. The number of nitrogens with one attached hydrogen (secondary N) is 1. The molecule has 3 nitrogen and oxygen atoms in total. The maximum Gasteiger partial charge on any atom is 0.218 e. The number of para-hydroxylation sites is 3. The minimum Gasteiger partial charge on any atom is -0.280 e. The summed E-state index contributed by atoms with van der Waals surface area (Å²) in [6.07, 6.45) is 0. The van der Waals surface area contributed by atoms with Gasteiger partial charge in [-0.05, 0) is 36.4 Å². The Hall–Kier alpha value is -2.59. The zero-order valence-electron chi connectivity index (χ0n) is 12.4. The molecule has 0 saturated carbocycles. The molecule has 0 aliphatic heterocycles. The lowest BCUT2D eigenvalue weighted by atomic mass is 10.2. The second kappa shape index (κ2) is 7.11. The van der Waals surface area contributed by atoms with Gasteiger partial charge in [0.1, 0.15) is 0 Å². The molecule has 4 heteroatoms. The van der Waals surface area contributed by atoms with Crippen molar-refractivity contribution in [2.24, 2.45) is 0 Å². The number of guanidine groups is 1. The Morgan fingerprint density at radius 3 is 1.35 bits per heavy atom. The Kier molecular flexibility index (Phi) is 4.74. The monoisotopic (exact) mass is 365 g/mol. The molecular weight excluding hydrogens is 350 g/mol. The van der Waals surface area contributed by atoms with E-state index in [2.05, 4.69) is 16.1 Å². The molecule has 0 heterocycles. The highest BCUT2D eigenvalue weighted by molar-refractivity contribution is 9.10. The van der Waals surface area contributed by atoms with Gasteiger partial charge in [0, 0.05) is 11.4 Å². The third-order valence-corrected chi connectivity index (χ3v) is 4.15. The molecule has 3 aromatic rings. The second-order valence-corrected chi connectivity index (χ2v) is 5.66. The average molecular weight is 366 g/mol. The van der Waals surface area contributed by atoms with Crippen LogP contribution in [0.15, 0.2) is 91.0 Å². The van der Waals surface area contributed by atoms with E-state index in [-0.39, 0.29) is 0 Å². The van der Waals surface area contributed by atoms with Crippen LogP contribution < -0.4 is 8.83 Å². The highest BCUT2D eigenvalue weighted by atomic mass is 79.9. The van der Waals surface area contributed by atoms with Crippen LogP contribution in [0, 0.1) is 5.41 Å². The summed E-state index contributed by atoms with van der Waals surface area (Å²) in [7, 11) is 0. The molecule has 0 atom stereocenters. The van der Waals surface area contributed by atoms with Gasteiger partial charge in [-0.1, -0.05) is 54.6 Å². The maximum atomic E-state index is 8.67. The van der Waals surface area contributed by atoms with Gasteiger partial charge in [0.05, 0.1) is 21.8 Å². The Balaban J connectivity index is 2.00. The van der Waals surface area contributed by atoms with Gasteiger partial charge in [-0.15, -0.1) is 0 Å². The van der Waals surface area contributed by atoms with E-state index in [1.807, 2.05) is 95.9 Å². The van der Waals surface area contributed by atoms with Gasteiger partial charge < -0.3 is 0 Å². The molecule has 0 spiro atoms. The van der Waals surface area contributed by atoms with Crippen molar-refractivity contribution in [1.29, 1.82) is 5.41 Å². The smallest absolute Gasteiger partial charge is 0.218 e. The first-order chi connectivity index (χ1) is 11.3. The first-order valence-corrected chi connectivity index (χ1v) is 7.98. The van der Waals surface area contributed by atoms with Crippen LogP contribution in [0.1, 0.15) is 0 Å². The molecule has 0 aromatic heterocycles. The topological polar surface area (TPSA) is 30.3 Å². The van der Waals surface area contributed by atoms with E-state index in [9.17, 15) is 0 Å². The molecule has 3 rings (SSSR count). The first kappa shape index (κ1) is 15.3. The Morgan fingerprint density at radius 1 is 0.609 bits per heavy atom. The molecule has 0 radical (unpaired) electrons. The minimum absolute atomic E-state index is 0.314. The molecule has 114 valence electrons. The lowest BCUT2D eigenvalue weighted by Crippen LogP contribution is -2.35. The number of rotatable bonds is 3. The standard InChI is InChI=1S/C19H16BrN3/c20-23(18-14-8-3-9-15-18)19(21)22(16-10-4-1-5-11-16)17-12-6-2-7-13-17/h1-15,21H. The van der Waals surface area contributed by atoms with Gasteiger partial charge in [0.2, 0.25) is 5.96 Å². The molecule has 0 unspecified atom stereocenters. The summed E-state index contributed by atoms with van der Waals surface area (Å²) in [6.45, 7) is 0. The van der Waals surface area contributed by atoms with Crippen LogP contribution in [0.5, 0.6) is 0 Å². The van der Waals surface area contributed by atoms with Gasteiger partial charge in [0.15, 0.2) is 0 Å². The normalized spacial score (nSPS) is 10.1. The van der Waals surface area contributed by atoms with Crippen LogP contribution in [-0.4, -0.2) is 5.96 Å². The predicted octanol–water partition coefficient (Wildman–Crippen LogP) is 5.58. The van der Waals surface area contributed by atoms with Crippen LogP contribution >= 0.6 is 16.1 Å². The summed E-state index contributed by atoms with van der Waals surface area (Å²) in [5, 5.41) is 8.67. The van der Waals surface area contributed by atoms with Gasteiger partial charge in [-0.2, -0.15) is 0 Å². The van der Waals surface area contributed by atoms with Crippen LogP contribution in [0.25, 0.3) is 0 Å². The van der Waals surface area contributed by atoms with E-state index in [4.69, 9.17) is 5.41 Å². The Morgan fingerprint density at radius 2 is 0.957 bits per heavy atom. The Bertz CT molecular complexity index is 721. The van der Waals surface area contributed by atoms with E-state index < -0.39 is 0 Å². The number of nitrogens with zero attached hydrogens (tertiary/aromatic N) is 2. The molecule has 0 saturated heterocycles. The van der Waals surface area contributed by atoms with Gasteiger partial charge in [-0.3, -0.25) is 10.3 Å². The minimum atomic E-state index is 0.314. The summed E-state index contributed by atoms with van der Waals surface area (Å²) in [4.78, 5) is 1.89. The zero-order chi connectivity index (χ0) is 16.1. The SMILES string of the molecule is N=C(N(Br)c1ccccc1)N(c1ccccc1)c1ccccc1. The molecule has 0 bridgehead atoms. The average Bonchev–Trinajstić information content (AvgIpc) is 2.64. The van der Waals surface area contributed by atoms with Crippen LogP contribution in [0.4, 0.5) is 17.1 Å². The molecule has 0 amide bonds. The summed E-state index contributed by atoms with van der Waals surface area (Å²) in [5.74, 6) is 0.314. The van der Waals surface area contributed by atoms with E-state index in [0.29, 0.717) is 5.96 Å². The number of halogens is 1. The van der Waals surface area contributed by atoms with Crippen molar-refractivity contribution >= 4 is 39.2 Å². The van der Waals surface area contributed by atoms with Gasteiger partial charge in [-0.25, -0.2) is 3.93 Å². The van der Waals surface area contributed by atoms with E-state index in [1.165, 1.54) is 0 Å². The number of anilines is 3.